The Morgan fingerprint density at radius 3 is 2.83 bits per heavy atom. The van der Waals surface area contributed by atoms with Crippen LogP contribution in [0, 0.1) is 5.92 Å². The van der Waals surface area contributed by atoms with Gasteiger partial charge < -0.3 is 10.1 Å². The van der Waals surface area contributed by atoms with E-state index in [2.05, 4.69) is 35.3 Å². The quantitative estimate of drug-likeness (QED) is 0.865. The van der Waals surface area contributed by atoms with Gasteiger partial charge in [-0.15, -0.1) is 0 Å². The molecule has 1 aliphatic rings. The molecule has 1 saturated heterocycles. The number of ether oxygens (including phenoxy) is 1. The predicted molar refractivity (Wildman–Crippen MR) is 75.0 cm³/mol. The van der Waals surface area contributed by atoms with E-state index in [1.807, 2.05) is 13.1 Å². The molecule has 0 saturated carbocycles. The highest BCUT2D eigenvalue weighted by Crippen LogP contribution is 2.40. The fourth-order valence-corrected chi connectivity index (χ4v) is 3.12. The lowest BCUT2D eigenvalue weighted by Crippen LogP contribution is -2.29. The maximum atomic E-state index is 5.53. The van der Waals surface area contributed by atoms with Crippen LogP contribution < -0.4 is 10.1 Å². The largest absolute Gasteiger partial charge is 0.496 e. The SMILES string of the molecule is CCN1CCC(CNC)C1c1ccccc1OC. The molecule has 100 valence electrons. The number of para-hydroxylation sites is 1. The third-order valence-corrected chi connectivity index (χ3v) is 3.96. The Morgan fingerprint density at radius 1 is 1.39 bits per heavy atom. The summed E-state index contributed by atoms with van der Waals surface area (Å²) < 4.78 is 5.53. The van der Waals surface area contributed by atoms with E-state index >= 15 is 0 Å². The van der Waals surface area contributed by atoms with Gasteiger partial charge in [0.2, 0.25) is 0 Å². The van der Waals surface area contributed by atoms with E-state index in [9.17, 15) is 0 Å². The number of nitrogens with zero attached hydrogens (tertiary/aromatic N) is 1. The maximum absolute atomic E-state index is 5.53. The summed E-state index contributed by atoms with van der Waals surface area (Å²) in [4.78, 5) is 2.56. The van der Waals surface area contributed by atoms with Crippen molar-refractivity contribution in [1.82, 2.24) is 10.2 Å². The Labute approximate surface area is 110 Å². The van der Waals surface area contributed by atoms with E-state index in [1.54, 1.807) is 7.11 Å². The van der Waals surface area contributed by atoms with E-state index < -0.39 is 0 Å². The first-order valence-electron chi connectivity index (χ1n) is 6.83. The van der Waals surface area contributed by atoms with E-state index in [-0.39, 0.29) is 0 Å². The number of methoxy groups -OCH3 is 1. The van der Waals surface area contributed by atoms with Crippen molar-refractivity contribution < 1.29 is 4.74 Å². The second-order valence-electron chi connectivity index (χ2n) is 4.92. The van der Waals surface area contributed by atoms with Gasteiger partial charge in [0, 0.05) is 11.6 Å². The molecule has 1 N–H and O–H groups in total. The van der Waals surface area contributed by atoms with Gasteiger partial charge in [-0.25, -0.2) is 0 Å². The van der Waals surface area contributed by atoms with Gasteiger partial charge in [-0.1, -0.05) is 25.1 Å². The van der Waals surface area contributed by atoms with Gasteiger partial charge in [-0.2, -0.15) is 0 Å². The van der Waals surface area contributed by atoms with Gasteiger partial charge in [0.15, 0.2) is 0 Å². The molecule has 0 spiro atoms. The molecule has 1 aliphatic heterocycles. The lowest BCUT2D eigenvalue weighted by molar-refractivity contribution is 0.232. The fourth-order valence-electron chi connectivity index (χ4n) is 3.12. The third kappa shape index (κ3) is 2.52. The molecule has 2 atom stereocenters. The molecule has 1 fully saturated rings. The zero-order valence-corrected chi connectivity index (χ0v) is 11.6. The van der Waals surface area contributed by atoms with Gasteiger partial charge in [0.25, 0.3) is 0 Å². The number of benzene rings is 1. The molecule has 1 aromatic carbocycles. The van der Waals surface area contributed by atoms with Gasteiger partial charge in [0.05, 0.1) is 7.11 Å². The van der Waals surface area contributed by atoms with Crippen LogP contribution in [0.25, 0.3) is 0 Å². The minimum Gasteiger partial charge on any atom is -0.496 e. The lowest BCUT2D eigenvalue weighted by Gasteiger charge is -2.28. The summed E-state index contributed by atoms with van der Waals surface area (Å²) in [5, 5.41) is 3.32. The Bertz CT molecular complexity index is 381. The summed E-state index contributed by atoms with van der Waals surface area (Å²) in [5.41, 5.74) is 1.33. The average molecular weight is 248 g/mol. The van der Waals surface area contributed by atoms with Crippen LogP contribution in [-0.2, 0) is 0 Å². The van der Waals surface area contributed by atoms with E-state index in [1.165, 1.54) is 18.5 Å². The van der Waals surface area contributed by atoms with Crippen molar-refractivity contribution in [1.29, 1.82) is 0 Å². The van der Waals surface area contributed by atoms with Crippen molar-refractivity contribution in [2.24, 2.45) is 5.92 Å². The summed E-state index contributed by atoms with van der Waals surface area (Å²) in [6.45, 7) is 5.60. The topological polar surface area (TPSA) is 24.5 Å². The standard InChI is InChI=1S/C15H24N2O/c1-4-17-10-9-12(11-16-2)15(17)13-7-5-6-8-14(13)18-3/h5-8,12,15-16H,4,9-11H2,1-3H3. The van der Waals surface area contributed by atoms with Crippen LogP contribution in [-0.4, -0.2) is 38.7 Å². The minimum absolute atomic E-state index is 0.485. The van der Waals surface area contributed by atoms with Crippen LogP contribution in [0.15, 0.2) is 24.3 Å². The van der Waals surface area contributed by atoms with Crippen molar-refractivity contribution in [2.75, 3.05) is 33.8 Å². The number of hydrogen-bond donors (Lipinski definition) is 1. The summed E-state index contributed by atoms with van der Waals surface area (Å²) in [5.74, 6) is 1.69. The molecule has 1 aromatic rings. The molecule has 0 bridgehead atoms. The first-order chi connectivity index (χ1) is 8.81. The zero-order valence-electron chi connectivity index (χ0n) is 11.6. The summed E-state index contributed by atoms with van der Waals surface area (Å²) in [6.07, 6.45) is 1.26. The average Bonchev–Trinajstić information content (AvgIpc) is 2.82. The number of hydrogen-bond acceptors (Lipinski definition) is 3. The second-order valence-corrected chi connectivity index (χ2v) is 4.92. The first kappa shape index (κ1) is 13.4. The smallest absolute Gasteiger partial charge is 0.123 e. The Morgan fingerprint density at radius 2 is 2.17 bits per heavy atom. The normalized spacial score (nSPS) is 24.4. The Balaban J connectivity index is 2.31. The highest BCUT2D eigenvalue weighted by molar-refractivity contribution is 5.37. The molecule has 3 nitrogen and oxygen atoms in total. The van der Waals surface area contributed by atoms with E-state index in [0.717, 1.165) is 18.8 Å². The number of rotatable bonds is 5. The van der Waals surface area contributed by atoms with Gasteiger partial charge >= 0.3 is 0 Å². The van der Waals surface area contributed by atoms with Crippen molar-refractivity contribution in [3.8, 4) is 5.75 Å². The molecule has 2 unspecified atom stereocenters. The zero-order chi connectivity index (χ0) is 13.0. The van der Waals surface area contributed by atoms with Crippen LogP contribution in [0.3, 0.4) is 0 Å². The number of nitrogens with one attached hydrogen (secondary N) is 1. The van der Waals surface area contributed by atoms with Crippen LogP contribution in [0.4, 0.5) is 0 Å². The molecule has 0 amide bonds. The van der Waals surface area contributed by atoms with Crippen molar-refractivity contribution in [3.63, 3.8) is 0 Å². The molecule has 2 rings (SSSR count). The van der Waals surface area contributed by atoms with E-state index in [4.69, 9.17) is 4.74 Å². The molecule has 0 aliphatic carbocycles. The molecular formula is C15H24N2O. The van der Waals surface area contributed by atoms with Crippen molar-refractivity contribution in [2.45, 2.75) is 19.4 Å². The summed E-state index contributed by atoms with van der Waals surface area (Å²) in [6, 6.07) is 8.91. The highest BCUT2D eigenvalue weighted by atomic mass is 16.5. The Kier molecular flexibility index (Phi) is 4.61. The second kappa shape index (κ2) is 6.21. The van der Waals surface area contributed by atoms with Crippen LogP contribution in [0.1, 0.15) is 24.9 Å². The third-order valence-electron chi connectivity index (χ3n) is 3.96. The predicted octanol–water partition coefficient (Wildman–Crippen LogP) is 2.30. The Hall–Kier alpha value is -1.06. The fraction of sp³-hybridized carbons (Fsp3) is 0.600. The lowest BCUT2D eigenvalue weighted by atomic mass is 9.93. The number of likely N-dealkylation sites (tertiary alicyclic amines) is 1. The molecule has 0 radical (unpaired) electrons. The summed E-state index contributed by atoms with van der Waals surface area (Å²) in [7, 11) is 3.80. The van der Waals surface area contributed by atoms with Crippen LogP contribution in [0.2, 0.25) is 0 Å². The molecule has 3 heteroatoms. The van der Waals surface area contributed by atoms with Crippen molar-refractivity contribution >= 4 is 0 Å². The van der Waals surface area contributed by atoms with E-state index in [0.29, 0.717) is 12.0 Å². The van der Waals surface area contributed by atoms with Crippen LogP contribution >= 0.6 is 0 Å². The van der Waals surface area contributed by atoms with Crippen molar-refractivity contribution in [3.05, 3.63) is 29.8 Å². The van der Waals surface area contributed by atoms with Crippen LogP contribution in [0.5, 0.6) is 5.75 Å². The highest BCUT2D eigenvalue weighted by Gasteiger charge is 2.35. The molecular weight excluding hydrogens is 224 g/mol. The monoisotopic (exact) mass is 248 g/mol. The molecule has 18 heavy (non-hydrogen) atoms. The minimum atomic E-state index is 0.485. The molecule has 1 heterocycles. The van der Waals surface area contributed by atoms with Gasteiger partial charge in [-0.05, 0) is 45.1 Å². The van der Waals surface area contributed by atoms with Gasteiger partial charge in [0.1, 0.15) is 5.75 Å². The van der Waals surface area contributed by atoms with Gasteiger partial charge in [-0.3, -0.25) is 4.90 Å². The first-order valence-corrected chi connectivity index (χ1v) is 6.83. The molecule has 0 aromatic heterocycles. The maximum Gasteiger partial charge on any atom is 0.123 e. The summed E-state index contributed by atoms with van der Waals surface area (Å²) >= 11 is 0.